The van der Waals surface area contributed by atoms with E-state index in [9.17, 15) is 8.42 Å². The molecular weight excluding hydrogens is 228 g/mol. The van der Waals surface area contributed by atoms with Gasteiger partial charge in [0.25, 0.3) is 0 Å². The number of sulfone groups is 1. The molecule has 0 aliphatic rings. The van der Waals surface area contributed by atoms with E-state index in [1.165, 1.54) is 5.41 Å². The average molecular weight is 242 g/mol. The van der Waals surface area contributed by atoms with Crippen molar-refractivity contribution in [2.45, 2.75) is 11.8 Å². The van der Waals surface area contributed by atoms with Crippen molar-refractivity contribution in [3.8, 4) is 0 Å². The van der Waals surface area contributed by atoms with Gasteiger partial charge < -0.3 is 0 Å². The van der Waals surface area contributed by atoms with Crippen LogP contribution in [-0.4, -0.2) is 20.4 Å². The Morgan fingerprint density at radius 2 is 1.87 bits per heavy atom. The highest BCUT2D eigenvalue weighted by Gasteiger charge is 2.08. The molecule has 0 fully saturated rings. The van der Waals surface area contributed by atoms with Crippen molar-refractivity contribution in [3.63, 3.8) is 0 Å². The second-order valence-electron chi connectivity index (χ2n) is 3.19. The first-order chi connectivity index (χ1) is 7.06. The zero-order valence-corrected chi connectivity index (χ0v) is 10.4. The summed E-state index contributed by atoms with van der Waals surface area (Å²) < 4.78 is 23.4. The number of aryl methyl sites for hydroxylation is 1. The summed E-state index contributed by atoms with van der Waals surface area (Å²) in [6.45, 7) is 1.93. The molecule has 0 radical (unpaired) electrons. The third kappa shape index (κ3) is 3.72. The summed E-state index contributed by atoms with van der Waals surface area (Å²) in [6.07, 6.45) is 3.60. The van der Waals surface area contributed by atoms with Gasteiger partial charge >= 0.3 is 0 Å². The highest BCUT2D eigenvalue weighted by molar-refractivity contribution is 7.98. The van der Waals surface area contributed by atoms with Crippen molar-refractivity contribution in [2.75, 3.05) is 12.0 Å². The van der Waals surface area contributed by atoms with Crippen LogP contribution in [-0.2, 0) is 9.84 Å². The van der Waals surface area contributed by atoms with E-state index < -0.39 is 9.84 Å². The van der Waals surface area contributed by atoms with Crippen LogP contribution in [0.1, 0.15) is 5.56 Å². The van der Waals surface area contributed by atoms with Gasteiger partial charge in [-0.2, -0.15) is 11.8 Å². The molecule has 0 amide bonds. The molecule has 82 valence electrons. The molecule has 2 nitrogen and oxygen atoms in total. The van der Waals surface area contributed by atoms with Gasteiger partial charge in [-0.15, -0.1) is 0 Å². The smallest absolute Gasteiger partial charge is 0.199 e. The van der Waals surface area contributed by atoms with Gasteiger partial charge in [-0.25, -0.2) is 8.42 Å². The Balaban J connectivity index is 2.91. The Bertz CT molecular complexity index is 430. The zero-order valence-electron chi connectivity index (χ0n) is 8.80. The monoisotopic (exact) mass is 242 g/mol. The topological polar surface area (TPSA) is 34.1 Å². The van der Waals surface area contributed by atoms with E-state index in [1.54, 1.807) is 42.1 Å². The summed E-state index contributed by atoms with van der Waals surface area (Å²) in [5.41, 5.74) is 1.06. The molecule has 1 rings (SSSR count). The van der Waals surface area contributed by atoms with Crippen LogP contribution in [0.5, 0.6) is 0 Å². The first-order valence-corrected chi connectivity index (χ1v) is 7.47. The maximum absolute atomic E-state index is 11.7. The maximum atomic E-state index is 11.7. The molecule has 0 spiro atoms. The molecular formula is C11H14O2S2. The van der Waals surface area contributed by atoms with Crippen LogP contribution in [0.3, 0.4) is 0 Å². The summed E-state index contributed by atoms with van der Waals surface area (Å²) in [5, 5.41) is 1.27. The molecule has 15 heavy (non-hydrogen) atoms. The van der Waals surface area contributed by atoms with Gasteiger partial charge in [0.2, 0.25) is 0 Å². The average Bonchev–Trinajstić information content (AvgIpc) is 2.18. The summed E-state index contributed by atoms with van der Waals surface area (Å²) in [4.78, 5) is 0.352. The lowest BCUT2D eigenvalue weighted by atomic mass is 10.2. The van der Waals surface area contributed by atoms with E-state index in [4.69, 9.17) is 0 Å². The summed E-state index contributed by atoms with van der Waals surface area (Å²) in [5.74, 6) is 0.713. The molecule has 0 N–H and O–H groups in total. The van der Waals surface area contributed by atoms with Gasteiger partial charge in [0.05, 0.1) is 4.90 Å². The predicted molar refractivity (Wildman–Crippen MR) is 65.9 cm³/mol. The summed E-state index contributed by atoms with van der Waals surface area (Å²) in [6, 6.07) is 6.87. The minimum absolute atomic E-state index is 0.352. The Hall–Kier alpha value is -0.740. The second kappa shape index (κ2) is 5.37. The number of rotatable bonds is 4. The molecule has 0 saturated carbocycles. The minimum atomic E-state index is -3.24. The van der Waals surface area contributed by atoms with Crippen LogP contribution in [0.4, 0.5) is 0 Å². The number of hydrogen-bond donors (Lipinski definition) is 0. The van der Waals surface area contributed by atoms with Crippen molar-refractivity contribution in [1.82, 2.24) is 0 Å². The van der Waals surface area contributed by atoms with E-state index in [-0.39, 0.29) is 0 Å². The Kier molecular flexibility index (Phi) is 4.42. The van der Waals surface area contributed by atoms with Crippen LogP contribution in [0.15, 0.2) is 40.6 Å². The Morgan fingerprint density at radius 1 is 1.27 bits per heavy atom. The van der Waals surface area contributed by atoms with Gasteiger partial charge in [0, 0.05) is 11.2 Å². The van der Waals surface area contributed by atoms with Crippen molar-refractivity contribution in [2.24, 2.45) is 0 Å². The third-order valence-electron chi connectivity index (χ3n) is 1.89. The van der Waals surface area contributed by atoms with Crippen LogP contribution >= 0.6 is 11.8 Å². The molecule has 4 heteroatoms. The maximum Gasteiger partial charge on any atom is 0.199 e. The molecule has 1 aromatic carbocycles. The van der Waals surface area contributed by atoms with Gasteiger partial charge in [-0.05, 0) is 25.3 Å². The molecule has 0 unspecified atom stereocenters. The number of thioether (sulfide) groups is 1. The third-order valence-corrected chi connectivity index (χ3v) is 3.89. The lowest BCUT2D eigenvalue weighted by Crippen LogP contribution is -1.96. The fourth-order valence-corrected chi connectivity index (χ4v) is 2.50. The van der Waals surface area contributed by atoms with Gasteiger partial charge in [0.1, 0.15) is 0 Å². The van der Waals surface area contributed by atoms with Gasteiger partial charge in [-0.1, -0.05) is 23.8 Å². The zero-order chi connectivity index (χ0) is 11.3. The van der Waals surface area contributed by atoms with Gasteiger partial charge in [0.15, 0.2) is 9.84 Å². The Morgan fingerprint density at radius 3 is 2.40 bits per heavy atom. The number of hydrogen-bond acceptors (Lipinski definition) is 3. The molecule has 0 heterocycles. The van der Waals surface area contributed by atoms with E-state index >= 15 is 0 Å². The van der Waals surface area contributed by atoms with E-state index in [0.717, 1.165) is 5.56 Å². The highest BCUT2D eigenvalue weighted by Crippen LogP contribution is 2.13. The van der Waals surface area contributed by atoms with E-state index in [0.29, 0.717) is 10.6 Å². The summed E-state index contributed by atoms with van der Waals surface area (Å²) in [7, 11) is -3.24. The van der Waals surface area contributed by atoms with Crippen molar-refractivity contribution in [1.29, 1.82) is 0 Å². The normalized spacial score (nSPS) is 12.1. The highest BCUT2D eigenvalue weighted by atomic mass is 32.2. The van der Waals surface area contributed by atoms with Crippen LogP contribution < -0.4 is 0 Å². The van der Waals surface area contributed by atoms with Crippen molar-refractivity contribution in [3.05, 3.63) is 41.3 Å². The SMILES string of the molecule is CSC/C=C/S(=O)(=O)c1ccc(C)cc1. The largest absolute Gasteiger partial charge is 0.219 e. The lowest BCUT2D eigenvalue weighted by molar-refractivity contribution is 0.604. The summed E-state index contributed by atoms with van der Waals surface area (Å²) >= 11 is 1.59. The minimum Gasteiger partial charge on any atom is -0.219 e. The fraction of sp³-hybridized carbons (Fsp3) is 0.273. The number of benzene rings is 1. The Labute approximate surface area is 95.3 Å². The standard InChI is InChI=1S/C11H14O2S2/c1-10-4-6-11(7-5-10)15(12,13)9-3-8-14-2/h3-7,9H,8H2,1-2H3/b9-3+. The van der Waals surface area contributed by atoms with Crippen molar-refractivity contribution < 1.29 is 8.42 Å². The fourth-order valence-electron chi connectivity index (χ4n) is 1.07. The molecule has 0 aromatic heterocycles. The molecule has 0 aliphatic carbocycles. The van der Waals surface area contributed by atoms with Crippen molar-refractivity contribution >= 4 is 21.6 Å². The van der Waals surface area contributed by atoms with Crippen LogP contribution in [0.2, 0.25) is 0 Å². The quantitative estimate of drug-likeness (QED) is 0.814. The molecule has 0 atom stereocenters. The lowest BCUT2D eigenvalue weighted by Gasteiger charge is -1.99. The van der Waals surface area contributed by atoms with Gasteiger partial charge in [-0.3, -0.25) is 0 Å². The van der Waals surface area contributed by atoms with Crippen LogP contribution in [0.25, 0.3) is 0 Å². The second-order valence-corrected chi connectivity index (χ2v) is 5.93. The molecule has 0 bridgehead atoms. The first kappa shape index (κ1) is 12.3. The molecule has 1 aromatic rings. The predicted octanol–water partition coefficient (Wildman–Crippen LogP) is 2.65. The van der Waals surface area contributed by atoms with Crippen LogP contribution in [0, 0.1) is 6.92 Å². The molecule has 0 saturated heterocycles. The molecule has 0 aliphatic heterocycles. The van der Waals surface area contributed by atoms with E-state index in [2.05, 4.69) is 0 Å². The first-order valence-electron chi connectivity index (χ1n) is 4.53. The van der Waals surface area contributed by atoms with E-state index in [1.807, 2.05) is 13.2 Å².